The van der Waals surface area contributed by atoms with E-state index in [1.165, 1.54) is 12.1 Å². The Bertz CT molecular complexity index is 1600. The van der Waals surface area contributed by atoms with Crippen molar-refractivity contribution in [1.82, 2.24) is 19.8 Å². The summed E-state index contributed by atoms with van der Waals surface area (Å²) in [5.74, 6) is -0.343. The molecule has 6 nitrogen and oxygen atoms in total. The average molecular weight is 509 g/mol. The summed E-state index contributed by atoms with van der Waals surface area (Å²) < 4.78 is 15.3. The van der Waals surface area contributed by atoms with Crippen molar-refractivity contribution in [3.63, 3.8) is 0 Å². The molecule has 1 atom stereocenters. The molecule has 0 bridgehead atoms. The van der Waals surface area contributed by atoms with Gasteiger partial charge in [0.25, 0.3) is 11.8 Å². The molecule has 2 amide bonds. The van der Waals surface area contributed by atoms with Crippen molar-refractivity contribution in [2.75, 3.05) is 13.6 Å². The molecule has 5 aromatic rings. The average Bonchev–Trinajstić information content (AvgIpc) is 3.29. The number of nitrogens with one attached hydrogen (secondary N) is 1. The van der Waals surface area contributed by atoms with Gasteiger partial charge >= 0.3 is 0 Å². The van der Waals surface area contributed by atoms with E-state index in [2.05, 4.69) is 10.3 Å². The molecule has 0 aliphatic rings. The summed E-state index contributed by atoms with van der Waals surface area (Å²) in [5, 5.41) is 4.86. The van der Waals surface area contributed by atoms with E-state index in [0.29, 0.717) is 30.8 Å². The molecule has 0 saturated carbocycles. The number of halogens is 1. The van der Waals surface area contributed by atoms with E-state index in [1.54, 1.807) is 28.6 Å². The first kappa shape index (κ1) is 25.1. The lowest BCUT2D eigenvalue weighted by Gasteiger charge is -2.29. The van der Waals surface area contributed by atoms with Crippen LogP contribution in [0.2, 0.25) is 0 Å². The predicted octanol–water partition coefficient (Wildman–Crippen LogP) is 5.37. The van der Waals surface area contributed by atoms with E-state index in [0.717, 1.165) is 27.4 Å². The molecule has 192 valence electrons. The zero-order valence-electron chi connectivity index (χ0n) is 21.4. The van der Waals surface area contributed by atoms with Crippen LogP contribution in [-0.2, 0) is 13.5 Å². The number of para-hydroxylation sites is 2. The first-order chi connectivity index (χ1) is 18.4. The summed E-state index contributed by atoms with van der Waals surface area (Å²) in [5.41, 5.74) is 3.18. The van der Waals surface area contributed by atoms with Crippen molar-refractivity contribution < 1.29 is 14.0 Å². The Morgan fingerprint density at radius 3 is 2.45 bits per heavy atom. The van der Waals surface area contributed by atoms with Crippen LogP contribution in [0.1, 0.15) is 33.0 Å². The molecular weight excluding hydrogens is 479 g/mol. The summed E-state index contributed by atoms with van der Waals surface area (Å²) in [7, 11) is 3.60. The molecule has 0 saturated heterocycles. The second kappa shape index (κ2) is 10.8. The number of carbonyl (C=O) groups is 2. The minimum Gasteiger partial charge on any atom is -0.349 e. The lowest BCUT2D eigenvalue weighted by Crippen LogP contribution is -2.41. The smallest absolute Gasteiger partial charge is 0.287 e. The normalized spacial score (nSPS) is 12.0. The van der Waals surface area contributed by atoms with Gasteiger partial charge in [-0.3, -0.25) is 9.59 Å². The lowest BCUT2D eigenvalue weighted by atomic mass is 9.99. The number of fused-ring (bicyclic) bond motifs is 2. The third-order valence-electron chi connectivity index (χ3n) is 7.03. The summed E-state index contributed by atoms with van der Waals surface area (Å²) >= 11 is 0. The second-order valence-electron chi connectivity index (χ2n) is 9.45. The van der Waals surface area contributed by atoms with Gasteiger partial charge in [-0.15, -0.1) is 0 Å². The van der Waals surface area contributed by atoms with E-state index >= 15 is 0 Å². The van der Waals surface area contributed by atoms with E-state index in [-0.39, 0.29) is 23.7 Å². The van der Waals surface area contributed by atoms with Gasteiger partial charge in [-0.2, -0.15) is 0 Å². The van der Waals surface area contributed by atoms with Crippen LogP contribution < -0.4 is 5.32 Å². The maximum atomic E-state index is 13.7. The number of hydrogen-bond acceptors (Lipinski definition) is 3. The number of hydrogen-bond donors (Lipinski definition) is 1. The molecule has 0 aliphatic carbocycles. The third-order valence-corrected chi connectivity index (χ3v) is 7.03. The number of likely N-dealkylation sites (N-methyl/N-ethyl adjacent to an activating group) is 1. The van der Waals surface area contributed by atoms with E-state index in [1.807, 2.05) is 73.8 Å². The molecule has 1 aromatic heterocycles. The highest BCUT2D eigenvalue weighted by molar-refractivity contribution is 6.07. The topological polar surface area (TPSA) is 67.2 Å². The van der Waals surface area contributed by atoms with Crippen molar-refractivity contribution >= 4 is 33.6 Å². The van der Waals surface area contributed by atoms with E-state index < -0.39 is 0 Å². The minimum atomic E-state index is -0.305. The molecule has 0 aliphatic heterocycles. The van der Waals surface area contributed by atoms with Gasteiger partial charge in [-0.25, -0.2) is 9.37 Å². The highest BCUT2D eigenvalue weighted by Crippen LogP contribution is 2.22. The quantitative estimate of drug-likeness (QED) is 0.307. The van der Waals surface area contributed by atoms with Crippen molar-refractivity contribution in [1.29, 1.82) is 0 Å². The Morgan fingerprint density at radius 2 is 1.66 bits per heavy atom. The van der Waals surface area contributed by atoms with Crippen LogP contribution in [0.15, 0.2) is 91.0 Å². The Hall–Kier alpha value is -4.52. The Kier molecular flexibility index (Phi) is 7.18. The summed E-state index contributed by atoms with van der Waals surface area (Å²) in [6.45, 7) is 0.348. The number of nitrogens with zero attached hydrogens (tertiary/aromatic N) is 3. The van der Waals surface area contributed by atoms with Crippen LogP contribution in [0.4, 0.5) is 4.39 Å². The number of imidazole rings is 1. The molecule has 1 heterocycles. The Balaban J connectivity index is 1.35. The fourth-order valence-electron chi connectivity index (χ4n) is 4.87. The summed E-state index contributed by atoms with van der Waals surface area (Å²) in [4.78, 5) is 32.8. The lowest BCUT2D eigenvalue weighted by molar-refractivity contribution is 0.0724. The van der Waals surface area contributed by atoms with Crippen LogP contribution in [0, 0.1) is 5.82 Å². The van der Waals surface area contributed by atoms with E-state index in [4.69, 9.17) is 0 Å². The number of aryl methyl sites for hydroxylation is 1. The fourth-order valence-corrected chi connectivity index (χ4v) is 4.87. The highest BCUT2D eigenvalue weighted by Gasteiger charge is 2.24. The van der Waals surface area contributed by atoms with Gasteiger partial charge in [0.1, 0.15) is 5.82 Å². The third kappa shape index (κ3) is 5.13. The monoisotopic (exact) mass is 508 g/mol. The SMILES string of the molecule is CN(C(=O)c1cccc2ccccc12)C(CCNC(=O)c1nc2ccccc2n1C)Cc1ccc(F)cc1. The molecule has 0 fully saturated rings. The number of benzene rings is 4. The number of rotatable bonds is 8. The molecule has 38 heavy (non-hydrogen) atoms. The fraction of sp³-hybridized carbons (Fsp3) is 0.194. The van der Waals surface area contributed by atoms with Gasteiger partial charge in [-0.05, 0) is 59.5 Å². The van der Waals surface area contributed by atoms with Gasteiger partial charge in [0.15, 0.2) is 5.82 Å². The van der Waals surface area contributed by atoms with Crippen LogP contribution >= 0.6 is 0 Å². The van der Waals surface area contributed by atoms with Crippen LogP contribution in [-0.4, -0.2) is 45.9 Å². The molecule has 0 radical (unpaired) electrons. The van der Waals surface area contributed by atoms with Crippen molar-refractivity contribution in [3.05, 3.63) is 114 Å². The van der Waals surface area contributed by atoms with Gasteiger partial charge in [0.2, 0.25) is 0 Å². The van der Waals surface area contributed by atoms with Gasteiger partial charge < -0.3 is 14.8 Å². The first-order valence-electron chi connectivity index (χ1n) is 12.6. The van der Waals surface area contributed by atoms with E-state index in [9.17, 15) is 14.0 Å². The molecule has 4 aromatic carbocycles. The Morgan fingerprint density at radius 1 is 0.947 bits per heavy atom. The molecule has 1 unspecified atom stereocenters. The van der Waals surface area contributed by atoms with Crippen molar-refractivity contribution in [2.45, 2.75) is 18.9 Å². The molecule has 0 spiro atoms. The van der Waals surface area contributed by atoms with Crippen LogP contribution in [0.25, 0.3) is 21.8 Å². The van der Waals surface area contributed by atoms with Gasteiger partial charge in [0, 0.05) is 32.2 Å². The number of aromatic nitrogens is 2. The van der Waals surface area contributed by atoms with Crippen molar-refractivity contribution in [3.8, 4) is 0 Å². The number of carbonyl (C=O) groups excluding carboxylic acids is 2. The Labute approximate surface area is 220 Å². The zero-order valence-corrected chi connectivity index (χ0v) is 21.4. The summed E-state index contributed by atoms with van der Waals surface area (Å²) in [6, 6.07) is 27.2. The van der Waals surface area contributed by atoms with Gasteiger partial charge in [0.05, 0.1) is 11.0 Å². The number of amides is 2. The highest BCUT2D eigenvalue weighted by atomic mass is 19.1. The van der Waals surface area contributed by atoms with Gasteiger partial charge in [-0.1, -0.05) is 60.7 Å². The van der Waals surface area contributed by atoms with Crippen molar-refractivity contribution in [2.24, 2.45) is 7.05 Å². The standard InChI is InChI=1S/C31H29FN4O2/c1-35(31(38)26-11-7-9-22-8-3-4-10-25(22)26)24(20-21-14-16-23(32)17-15-21)18-19-33-30(37)29-34-27-12-5-6-13-28(27)36(29)2/h3-17,24H,18-20H2,1-2H3,(H,33,37). The van der Waals surface area contributed by atoms with Crippen LogP contribution in [0.3, 0.4) is 0 Å². The predicted molar refractivity (Wildman–Crippen MR) is 148 cm³/mol. The zero-order chi connectivity index (χ0) is 26.6. The molecule has 5 rings (SSSR count). The molecular formula is C31H29FN4O2. The summed E-state index contributed by atoms with van der Waals surface area (Å²) in [6.07, 6.45) is 1.04. The maximum absolute atomic E-state index is 13.7. The maximum Gasteiger partial charge on any atom is 0.287 e. The second-order valence-corrected chi connectivity index (χ2v) is 9.45. The minimum absolute atomic E-state index is 0.101. The largest absolute Gasteiger partial charge is 0.349 e. The van der Waals surface area contributed by atoms with Crippen LogP contribution in [0.5, 0.6) is 0 Å². The molecule has 7 heteroatoms. The molecule has 1 N–H and O–H groups in total. The first-order valence-corrected chi connectivity index (χ1v) is 12.6.